The van der Waals surface area contributed by atoms with Crippen LogP contribution in [0.3, 0.4) is 0 Å². The molecule has 16 heavy (non-hydrogen) atoms. The van der Waals surface area contributed by atoms with E-state index in [1.54, 1.807) is 4.90 Å². The van der Waals surface area contributed by atoms with Crippen LogP contribution < -0.4 is 4.90 Å². The number of halogens is 1. The van der Waals surface area contributed by atoms with Gasteiger partial charge in [0, 0.05) is 11.0 Å². The third-order valence-corrected chi connectivity index (χ3v) is 4.28. The molecule has 0 saturated carbocycles. The minimum atomic E-state index is -1.20. The Labute approximate surface area is 105 Å². The maximum Gasteiger partial charge on any atom is 0.240 e. The minimum Gasteiger partial charge on any atom is -0.310 e. The fourth-order valence-corrected chi connectivity index (χ4v) is 3.48. The van der Waals surface area contributed by atoms with Crippen molar-refractivity contribution in [1.82, 2.24) is 0 Å². The van der Waals surface area contributed by atoms with Gasteiger partial charge in [-0.25, -0.2) is 0 Å². The van der Waals surface area contributed by atoms with E-state index in [4.69, 9.17) is 0 Å². The van der Waals surface area contributed by atoms with Crippen LogP contribution in [0, 0.1) is 0 Å². The predicted molar refractivity (Wildman–Crippen MR) is 68.1 cm³/mol. The van der Waals surface area contributed by atoms with Crippen molar-refractivity contribution in [3.8, 4) is 0 Å². The van der Waals surface area contributed by atoms with Gasteiger partial charge in [-0.05, 0) is 24.6 Å². The topological polar surface area (TPSA) is 37.4 Å². The molecule has 1 unspecified atom stereocenters. The van der Waals surface area contributed by atoms with Gasteiger partial charge in [0.15, 0.2) is 0 Å². The molecule has 1 aliphatic rings. The number of carbonyl (C=O) groups excluding carboxylic acids is 1. The highest BCUT2D eigenvalue weighted by molar-refractivity contribution is 9.10. The first-order valence-corrected chi connectivity index (χ1v) is 7.23. The average Bonchev–Trinajstić information content (AvgIpc) is 2.24. The second-order valence-electron chi connectivity index (χ2n) is 3.65. The Bertz CT molecular complexity index is 461. The molecule has 0 aliphatic carbocycles. The molecule has 0 fully saturated rings. The van der Waals surface area contributed by atoms with Crippen LogP contribution >= 0.6 is 15.9 Å². The van der Waals surface area contributed by atoms with Crippen LogP contribution in [0.4, 0.5) is 5.69 Å². The van der Waals surface area contributed by atoms with Gasteiger partial charge >= 0.3 is 0 Å². The van der Waals surface area contributed by atoms with Crippen molar-refractivity contribution in [2.75, 3.05) is 17.2 Å². The minimum absolute atomic E-state index is 0.0463. The molecule has 1 heterocycles. The highest BCUT2D eigenvalue weighted by atomic mass is 79.9. The first-order chi connectivity index (χ1) is 7.63. The molecule has 1 aromatic carbocycles. The third-order valence-electron chi connectivity index (χ3n) is 2.46. The molecule has 0 spiro atoms. The highest BCUT2D eigenvalue weighted by Gasteiger charge is 2.28. The molecule has 1 amide bonds. The Morgan fingerprint density at radius 2 is 2.25 bits per heavy atom. The number of fused-ring (bicyclic) bond motifs is 1. The van der Waals surface area contributed by atoms with Crippen molar-refractivity contribution in [1.29, 1.82) is 0 Å². The standard InChI is InChI=1S/C11H12BrNO2S/c1-2-5-13-9-4-3-8(12)6-10(9)16(15)7-11(13)14/h3-4,6H,2,5,7H2,1H3. The summed E-state index contributed by atoms with van der Waals surface area (Å²) in [4.78, 5) is 14.2. The van der Waals surface area contributed by atoms with Gasteiger partial charge in [-0.2, -0.15) is 0 Å². The van der Waals surface area contributed by atoms with Crippen molar-refractivity contribution in [3.63, 3.8) is 0 Å². The molecule has 0 N–H and O–H groups in total. The lowest BCUT2D eigenvalue weighted by atomic mass is 10.2. The molecule has 1 aliphatic heterocycles. The van der Waals surface area contributed by atoms with E-state index in [-0.39, 0.29) is 11.7 Å². The summed E-state index contributed by atoms with van der Waals surface area (Å²) in [6.45, 7) is 2.71. The Morgan fingerprint density at radius 1 is 1.50 bits per heavy atom. The largest absolute Gasteiger partial charge is 0.310 e. The van der Waals surface area contributed by atoms with Gasteiger partial charge in [0.2, 0.25) is 5.91 Å². The van der Waals surface area contributed by atoms with Gasteiger partial charge in [-0.3, -0.25) is 9.00 Å². The maximum absolute atomic E-state index is 11.8. The van der Waals surface area contributed by atoms with Crippen LogP contribution in [0.25, 0.3) is 0 Å². The molecule has 0 saturated heterocycles. The van der Waals surface area contributed by atoms with Gasteiger partial charge in [0.05, 0.1) is 21.4 Å². The molecule has 3 nitrogen and oxygen atoms in total. The Hall–Kier alpha value is -0.680. The first-order valence-electron chi connectivity index (χ1n) is 5.11. The molecule has 2 rings (SSSR count). The van der Waals surface area contributed by atoms with Gasteiger partial charge in [0.1, 0.15) is 5.75 Å². The number of anilines is 1. The molecule has 0 aromatic heterocycles. The summed E-state index contributed by atoms with van der Waals surface area (Å²) in [5.74, 6) is 0.0544. The molecule has 1 atom stereocenters. The molecular weight excluding hydrogens is 290 g/mol. The summed E-state index contributed by atoms with van der Waals surface area (Å²) in [7, 11) is -1.20. The van der Waals surface area contributed by atoms with Gasteiger partial charge in [-0.15, -0.1) is 0 Å². The molecule has 5 heteroatoms. The van der Waals surface area contributed by atoms with E-state index in [1.807, 2.05) is 25.1 Å². The van der Waals surface area contributed by atoms with Crippen LogP contribution in [0.2, 0.25) is 0 Å². The first kappa shape index (κ1) is 11.8. The van der Waals surface area contributed by atoms with Gasteiger partial charge < -0.3 is 4.90 Å². The quantitative estimate of drug-likeness (QED) is 0.841. The lowest BCUT2D eigenvalue weighted by molar-refractivity contribution is -0.116. The second-order valence-corrected chi connectivity index (χ2v) is 5.98. The lowest BCUT2D eigenvalue weighted by Crippen LogP contribution is -2.39. The zero-order chi connectivity index (χ0) is 11.7. The lowest BCUT2D eigenvalue weighted by Gasteiger charge is -2.28. The highest BCUT2D eigenvalue weighted by Crippen LogP contribution is 2.31. The van der Waals surface area contributed by atoms with Crippen LogP contribution in [0.1, 0.15) is 13.3 Å². The van der Waals surface area contributed by atoms with Gasteiger partial charge in [-0.1, -0.05) is 22.9 Å². The van der Waals surface area contributed by atoms with Crippen LogP contribution in [-0.4, -0.2) is 22.4 Å². The molecule has 1 aromatic rings. The Morgan fingerprint density at radius 3 is 2.94 bits per heavy atom. The number of hydrogen-bond acceptors (Lipinski definition) is 2. The van der Waals surface area contributed by atoms with Crippen molar-refractivity contribution >= 4 is 38.3 Å². The van der Waals surface area contributed by atoms with Gasteiger partial charge in [0.25, 0.3) is 0 Å². The van der Waals surface area contributed by atoms with Crippen molar-refractivity contribution in [3.05, 3.63) is 22.7 Å². The van der Waals surface area contributed by atoms with Crippen LogP contribution in [-0.2, 0) is 15.6 Å². The number of hydrogen-bond donors (Lipinski definition) is 0. The van der Waals surface area contributed by atoms with Crippen molar-refractivity contribution < 1.29 is 9.00 Å². The van der Waals surface area contributed by atoms with E-state index < -0.39 is 10.8 Å². The summed E-state index contributed by atoms with van der Waals surface area (Å²) >= 11 is 3.35. The van der Waals surface area contributed by atoms with E-state index >= 15 is 0 Å². The van der Waals surface area contributed by atoms with Crippen LogP contribution in [0.15, 0.2) is 27.6 Å². The SMILES string of the molecule is CCCN1C(=O)CS(=O)c2cc(Br)ccc21. The fraction of sp³-hybridized carbons (Fsp3) is 0.364. The third kappa shape index (κ3) is 2.06. The number of nitrogens with zero attached hydrogens (tertiary/aromatic N) is 1. The zero-order valence-corrected chi connectivity index (χ0v) is 11.3. The molecule has 86 valence electrons. The number of carbonyl (C=O) groups is 1. The zero-order valence-electron chi connectivity index (χ0n) is 8.90. The number of amides is 1. The fourth-order valence-electron chi connectivity index (χ4n) is 1.76. The Balaban J connectivity index is 2.50. The van der Waals surface area contributed by atoms with Crippen LogP contribution in [0.5, 0.6) is 0 Å². The normalized spacial score (nSPS) is 19.8. The molecular formula is C11H12BrNO2S. The second kappa shape index (κ2) is 4.67. The number of benzene rings is 1. The summed E-state index contributed by atoms with van der Waals surface area (Å²) in [5.41, 5.74) is 0.791. The summed E-state index contributed by atoms with van der Waals surface area (Å²) in [6.07, 6.45) is 0.897. The smallest absolute Gasteiger partial charge is 0.240 e. The molecule has 0 radical (unpaired) electrons. The van der Waals surface area contributed by atoms with Crippen molar-refractivity contribution in [2.24, 2.45) is 0 Å². The summed E-state index contributed by atoms with van der Waals surface area (Å²) < 4.78 is 12.7. The van der Waals surface area contributed by atoms with E-state index in [0.29, 0.717) is 6.54 Å². The summed E-state index contributed by atoms with van der Waals surface area (Å²) in [6, 6.07) is 5.56. The summed E-state index contributed by atoms with van der Waals surface area (Å²) in [5, 5.41) is 0. The Kier molecular flexibility index (Phi) is 3.44. The number of rotatable bonds is 2. The van der Waals surface area contributed by atoms with E-state index in [1.165, 1.54) is 0 Å². The van der Waals surface area contributed by atoms with E-state index in [0.717, 1.165) is 21.5 Å². The van der Waals surface area contributed by atoms with E-state index in [2.05, 4.69) is 15.9 Å². The average molecular weight is 302 g/mol. The van der Waals surface area contributed by atoms with E-state index in [9.17, 15) is 9.00 Å². The molecule has 0 bridgehead atoms. The predicted octanol–water partition coefficient (Wildman–Crippen LogP) is 2.31. The van der Waals surface area contributed by atoms with Crippen molar-refractivity contribution in [2.45, 2.75) is 18.2 Å². The maximum atomic E-state index is 11.8. The monoisotopic (exact) mass is 301 g/mol.